The molecule has 2 heterocycles. The summed E-state index contributed by atoms with van der Waals surface area (Å²) in [5.41, 5.74) is 3.33. The molecule has 1 amide bonds. The number of rotatable bonds is 10. The van der Waals surface area contributed by atoms with E-state index in [-0.39, 0.29) is 41.9 Å². The predicted molar refractivity (Wildman–Crippen MR) is 114 cm³/mol. The van der Waals surface area contributed by atoms with Crippen molar-refractivity contribution >= 4 is 11.7 Å². The molecule has 0 bridgehead atoms. The number of hydrogen-bond donors (Lipinski definition) is 1. The third-order valence-corrected chi connectivity index (χ3v) is 5.77. The molecule has 2 aromatic heterocycles. The summed E-state index contributed by atoms with van der Waals surface area (Å²) < 4.78 is 30.2. The molecule has 0 radical (unpaired) electrons. The van der Waals surface area contributed by atoms with Gasteiger partial charge in [0.1, 0.15) is 5.78 Å². The lowest BCUT2D eigenvalue weighted by Gasteiger charge is -2.17. The van der Waals surface area contributed by atoms with Gasteiger partial charge in [-0.2, -0.15) is 0 Å². The number of aryl methyl sites for hydroxylation is 1. The third-order valence-electron chi connectivity index (χ3n) is 5.77. The fourth-order valence-corrected chi connectivity index (χ4v) is 3.72. The van der Waals surface area contributed by atoms with Crippen LogP contribution in [0.15, 0.2) is 24.4 Å². The number of ether oxygens (including phenoxy) is 1. The van der Waals surface area contributed by atoms with Crippen LogP contribution in [0.1, 0.15) is 77.4 Å². The van der Waals surface area contributed by atoms with E-state index in [9.17, 15) is 18.4 Å². The van der Waals surface area contributed by atoms with E-state index in [1.165, 1.54) is 0 Å². The Bertz CT molecular complexity index is 1020. The SMILES string of the molecule is Cc1cc(C(=O)NC(C)c2cnc(OCC(F)F)c(C3CC3)c2)cc(CC(=O)C2CC2)n1. The average molecular weight is 443 g/mol. The molecule has 2 aromatic rings. The van der Waals surface area contributed by atoms with Gasteiger partial charge in [-0.3, -0.25) is 14.6 Å². The van der Waals surface area contributed by atoms with Crippen molar-refractivity contribution < 1.29 is 23.1 Å². The minimum atomic E-state index is -2.56. The van der Waals surface area contributed by atoms with Crippen molar-refractivity contribution in [3.05, 3.63) is 52.5 Å². The molecule has 6 nitrogen and oxygen atoms in total. The van der Waals surface area contributed by atoms with Gasteiger partial charge in [-0.05, 0) is 69.2 Å². The second kappa shape index (κ2) is 9.30. The number of aromatic nitrogens is 2. The number of hydrogen-bond acceptors (Lipinski definition) is 5. The normalized spacial score (nSPS) is 16.7. The molecule has 2 fully saturated rings. The number of nitrogens with one attached hydrogen (secondary N) is 1. The smallest absolute Gasteiger partial charge is 0.272 e. The number of pyridine rings is 2. The molecular weight excluding hydrogens is 416 g/mol. The molecule has 0 spiro atoms. The highest BCUT2D eigenvalue weighted by molar-refractivity contribution is 5.95. The lowest BCUT2D eigenvalue weighted by Crippen LogP contribution is -2.27. The molecule has 0 saturated heterocycles. The molecule has 0 aliphatic heterocycles. The van der Waals surface area contributed by atoms with Crippen LogP contribution in [0.25, 0.3) is 0 Å². The summed E-state index contributed by atoms with van der Waals surface area (Å²) in [6.45, 7) is 2.96. The van der Waals surface area contributed by atoms with Gasteiger partial charge in [0, 0.05) is 41.1 Å². The average Bonchev–Trinajstić information content (AvgIpc) is 3.63. The molecule has 32 heavy (non-hydrogen) atoms. The van der Waals surface area contributed by atoms with Crippen molar-refractivity contribution in [3.63, 3.8) is 0 Å². The van der Waals surface area contributed by atoms with Crippen molar-refractivity contribution in [2.24, 2.45) is 5.92 Å². The monoisotopic (exact) mass is 443 g/mol. The van der Waals surface area contributed by atoms with Crippen molar-refractivity contribution in [2.45, 2.75) is 64.3 Å². The molecule has 1 unspecified atom stereocenters. The van der Waals surface area contributed by atoms with Crippen molar-refractivity contribution in [1.82, 2.24) is 15.3 Å². The van der Waals surface area contributed by atoms with E-state index in [2.05, 4.69) is 15.3 Å². The van der Waals surface area contributed by atoms with Gasteiger partial charge >= 0.3 is 0 Å². The van der Waals surface area contributed by atoms with Crippen LogP contribution >= 0.6 is 0 Å². The maximum Gasteiger partial charge on any atom is 0.272 e. The van der Waals surface area contributed by atoms with E-state index < -0.39 is 13.0 Å². The Labute approximate surface area is 185 Å². The van der Waals surface area contributed by atoms with Gasteiger partial charge < -0.3 is 10.1 Å². The first-order valence-corrected chi connectivity index (χ1v) is 11.0. The zero-order chi connectivity index (χ0) is 22.8. The van der Waals surface area contributed by atoms with Crippen LogP contribution in [0.4, 0.5) is 8.78 Å². The van der Waals surface area contributed by atoms with Crippen LogP contribution in [-0.4, -0.2) is 34.7 Å². The maximum atomic E-state index is 12.9. The topological polar surface area (TPSA) is 81.2 Å². The summed E-state index contributed by atoms with van der Waals surface area (Å²) in [6, 6.07) is 4.91. The first-order chi connectivity index (χ1) is 15.3. The molecule has 170 valence electrons. The third kappa shape index (κ3) is 5.66. The van der Waals surface area contributed by atoms with Crippen LogP contribution in [0.5, 0.6) is 5.88 Å². The maximum absolute atomic E-state index is 12.9. The first-order valence-electron chi connectivity index (χ1n) is 11.0. The Hall–Kier alpha value is -2.90. The summed E-state index contributed by atoms with van der Waals surface area (Å²) in [5.74, 6) is 0.553. The Morgan fingerprint density at radius 1 is 1.19 bits per heavy atom. The molecular formula is C24H27F2N3O3. The van der Waals surface area contributed by atoms with E-state index in [1.807, 2.05) is 13.0 Å². The Balaban J connectivity index is 1.45. The van der Waals surface area contributed by atoms with Gasteiger partial charge in [0.2, 0.25) is 5.88 Å². The van der Waals surface area contributed by atoms with Crippen LogP contribution in [0.3, 0.4) is 0 Å². The van der Waals surface area contributed by atoms with E-state index in [4.69, 9.17) is 4.74 Å². The second-order valence-electron chi connectivity index (χ2n) is 8.74. The van der Waals surface area contributed by atoms with Crippen LogP contribution in [-0.2, 0) is 11.2 Å². The van der Waals surface area contributed by atoms with E-state index in [0.717, 1.165) is 36.8 Å². The number of nitrogens with zero attached hydrogens (tertiary/aromatic N) is 2. The highest BCUT2D eigenvalue weighted by Gasteiger charge is 2.30. The lowest BCUT2D eigenvalue weighted by molar-refractivity contribution is -0.119. The summed E-state index contributed by atoms with van der Waals surface area (Å²) in [7, 11) is 0. The number of Topliss-reactive ketones (excluding diaryl/α,β-unsaturated/α-hetero) is 1. The van der Waals surface area contributed by atoms with Gasteiger partial charge in [-0.25, -0.2) is 13.8 Å². The molecule has 2 saturated carbocycles. The summed E-state index contributed by atoms with van der Waals surface area (Å²) in [5, 5.41) is 2.96. The highest BCUT2D eigenvalue weighted by atomic mass is 19.3. The zero-order valence-corrected chi connectivity index (χ0v) is 18.2. The van der Waals surface area contributed by atoms with Crippen LogP contribution in [0, 0.1) is 12.8 Å². The van der Waals surface area contributed by atoms with Gasteiger partial charge in [-0.1, -0.05) is 0 Å². The Morgan fingerprint density at radius 2 is 1.94 bits per heavy atom. The Morgan fingerprint density at radius 3 is 2.59 bits per heavy atom. The van der Waals surface area contributed by atoms with E-state index in [1.54, 1.807) is 25.3 Å². The van der Waals surface area contributed by atoms with Crippen molar-refractivity contribution in [3.8, 4) is 5.88 Å². The van der Waals surface area contributed by atoms with Gasteiger partial charge in [-0.15, -0.1) is 0 Å². The minimum absolute atomic E-state index is 0.149. The van der Waals surface area contributed by atoms with E-state index >= 15 is 0 Å². The number of carbonyl (C=O) groups excluding carboxylic acids is 2. The molecule has 2 aliphatic carbocycles. The quantitative estimate of drug-likeness (QED) is 0.592. The number of halogens is 2. The van der Waals surface area contributed by atoms with Crippen LogP contribution in [0.2, 0.25) is 0 Å². The molecule has 0 aromatic carbocycles. The Kier molecular flexibility index (Phi) is 6.48. The summed E-state index contributed by atoms with van der Waals surface area (Å²) in [4.78, 5) is 33.7. The highest BCUT2D eigenvalue weighted by Crippen LogP contribution is 2.44. The lowest BCUT2D eigenvalue weighted by atomic mass is 10.0. The van der Waals surface area contributed by atoms with Crippen LogP contribution < -0.4 is 10.1 Å². The van der Waals surface area contributed by atoms with E-state index in [0.29, 0.717) is 17.0 Å². The van der Waals surface area contributed by atoms with Crippen molar-refractivity contribution in [2.75, 3.05) is 6.61 Å². The van der Waals surface area contributed by atoms with Gasteiger partial charge in [0.25, 0.3) is 12.3 Å². The number of alkyl halides is 2. The molecule has 1 N–H and O–H groups in total. The fourth-order valence-electron chi connectivity index (χ4n) is 3.72. The minimum Gasteiger partial charge on any atom is -0.471 e. The van der Waals surface area contributed by atoms with Gasteiger partial charge in [0.15, 0.2) is 6.61 Å². The number of ketones is 1. The molecule has 2 aliphatic rings. The molecule has 1 atom stereocenters. The standard InChI is InChI=1S/C24H27F2N3O3/c1-13-7-17(8-19(28-13)10-21(30)16-5-6-16)23(31)29-14(2)18-9-20(15-3-4-15)24(27-11-18)32-12-22(25)26/h7-9,11,14-16,22H,3-6,10,12H2,1-2H3,(H,29,31). The number of carbonyl (C=O) groups is 2. The first kappa shape index (κ1) is 22.3. The largest absolute Gasteiger partial charge is 0.471 e. The number of amides is 1. The summed E-state index contributed by atoms with van der Waals surface area (Å²) in [6.07, 6.45) is 3.06. The predicted octanol–water partition coefficient (Wildman–Crippen LogP) is 4.32. The molecule has 8 heteroatoms. The zero-order valence-electron chi connectivity index (χ0n) is 18.2. The van der Waals surface area contributed by atoms with Gasteiger partial charge in [0.05, 0.1) is 6.04 Å². The molecule has 4 rings (SSSR count). The fraction of sp³-hybridized carbons (Fsp3) is 0.500. The second-order valence-corrected chi connectivity index (χ2v) is 8.74. The summed E-state index contributed by atoms with van der Waals surface area (Å²) >= 11 is 0. The van der Waals surface area contributed by atoms with Crippen molar-refractivity contribution in [1.29, 1.82) is 0 Å².